The predicted molar refractivity (Wildman–Crippen MR) is 102 cm³/mol. The van der Waals surface area contributed by atoms with Crippen molar-refractivity contribution in [3.05, 3.63) is 59.5 Å². The molecule has 0 saturated carbocycles. The van der Waals surface area contributed by atoms with Crippen molar-refractivity contribution in [1.82, 2.24) is 10.2 Å². The van der Waals surface area contributed by atoms with Gasteiger partial charge in [-0.2, -0.15) is 0 Å². The number of carbonyl (C=O) groups is 1. The normalized spacial score (nSPS) is 12.7. The van der Waals surface area contributed by atoms with Crippen LogP contribution in [0.2, 0.25) is 0 Å². The fraction of sp³-hybridized carbons (Fsp3) is 0.211. The third kappa shape index (κ3) is 4.06. The summed E-state index contributed by atoms with van der Waals surface area (Å²) < 4.78 is 40.1. The number of benzene rings is 2. The number of carbonyl (C=O) groups excluding carboxylic acids is 1. The van der Waals surface area contributed by atoms with E-state index < -0.39 is 15.7 Å². The van der Waals surface area contributed by atoms with E-state index in [2.05, 4.69) is 15.5 Å². The molecule has 4 rings (SSSR count). The smallest absolute Gasteiger partial charge is 0.322 e. The van der Waals surface area contributed by atoms with Crippen LogP contribution in [0.15, 0.2) is 51.8 Å². The van der Waals surface area contributed by atoms with Gasteiger partial charge in [0.1, 0.15) is 0 Å². The SMILES string of the molecule is CCS(=O)(=O)c1cccc(C(=O)Nc2nnc(Cc3ccc4c(c3)OCO4)o2)c1. The second kappa shape index (κ2) is 7.55. The number of anilines is 1. The molecule has 0 spiro atoms. The van der Waals surface area contributed by atoms with Gasteiger partial charge < -0.3 is 13.9 Å². The molecule has 2 aromatic carbocycles. The van der Waals surface area contributed by atoms with Crippen LogP contribution in [-0.4, -0.2) is 37.1 Å². The highest BCUT2D eigenvalue weighted by Crippen LogP contribution is 2.33. The predicted octanol–water partition coefficient (Wildman–Crippen LogP) is 2.44. The number of nitrogens with one attached hydrogen (secondary N) is 1. The molecule has 0 fully saturated rings. The van der Waals surface area contributed by atoms with Gasteiger partial charge in [0, 0.05) is 5.56 Å². The summed E-state index contributed by atoms with van der Waals surface area (Å²) in [6.45, 7) is 1.73. The van der Waals surface area contributed by atoms with E-state index in [1.807, 2.05) is 12.1 Å². The van der Waals surface area contributed by atoms with Crippen LogP contribution >= 0.6 is 0 Å². The van der Waals surface area contributed by atoms with Gasteiger partial charge in [-0.05, 0) is 35.9 Å². The molecule has 0 bridgehead atoms. The summed E-state index contributed by atoms with van der Waals surface area (Å²) in [5.74, 6) is 1.04. The molecule has 1 amide bonds. The molecule has 1 aliphatic heterocycles. The van der Waals surface area contributed by atoms with E-state index in [1.165, 1.54) is 24.3 Å². The molecule has 29 heavy (non-hydrogen) atoms. The van der Waals surface area contributed by atoms with Crippen molar-refractivity contribution in [2.45, 2.75) is 18.2 Å². The van der Waals surface area contributed by atoms with Crippen LogP contribution in [0.4, 0.5) is 6.01 Å². The monoisotopic (exact) mass is 415 g/mol. The molecule has 150 valence electrons. The van der Waals surface area contributed by atoms with E-state index in [0.29, 0.717) is 23.8 Å². The second-order valence-electron chi connectivity index (χ2n) is 6.25. The number of ether oxygens (including phenoxy) is 2. The molecule has 9 nitrogen and oxygen atoms in total. The molecule has 1 aromatic heterocycles. The topological polar surface area (TPSA) is 121 Å². The van der Waals surface area contributed by atoms with Gasteiger partial charge in [-0.15, -0.1) is 5.10 Å². The summed E-state index contributed by atoms with van der Waals surface area (Å²) in [6.07, 6.45) is 0.351. The Balaban J connectivity index is 1.45. The minimum Gasteiger partial charge on any atom is -0.454 e. The Morgan fingerprint density at radius 2 is 1.93 bits per heavy atom. The van der Waals surface area contributed by atoms with Gasteiger partial charge in [0.05, 0.1) is 17.1 Å². The van der Waals surface area contributed by atoms with Gasteiger partial charge in [-0.3, -0.25) is 10.1 Å². The van der Waals surface area contributed by atoms with E-state index >= 15 is 0 Å². The first-order valence-electron chi connectivity index (χ1n) is 8.79. The molecule has 0 aliphatic carbocycles. The van der Waals surface area contributed by atoms with E-state index in [1.54, 1.807) is 13.0 Å². The molecule has 0 unspecified atom stereocenters. The lowest BCUT2D eigenvalue weighted by molar-refractivity contribution is 0.102. The van der Waals surface area contributed by atoms with Gasteiger partial charge in [0.15, 0.2) is 21.3 Å². The second-order valence-corrected chi connectivity index (χ2v) is 8.53. The molecule has 2 heterocycles. The Kier molecular flexibility index (Phi) is 4.93. The van der Waals surface area contributed by atoms with E-state index in [0.717, 1.165) is 5.56 Å². The van der Waals surface area contributed by atoms with Gasteiger partial charge >= 0.3 is 6.01 Å². The van der Waals surface area contributed by atoms with Gasteiger partial charge in [0.25, 0.3) is 5.91 Å². The molecule has 1 N–H and O–H groups in total. The minimum atomic E-state index is -3.41. The number of hydrogen-bond donors (Lipinski definition) is 1. The molecular formula is C19H17N3O6S. The van der Waals surface area contributed by atoms with Crippen LogP contribution in [0.1, 0.15) is 28.7 Å². The van der Waals surface area contributed by atoms with Gasteiger partial charge in [-0.25, -0.2) is 8.42 Å². The van der Waals surface area contributed by atoms with Crippen LogP contribution in [0.25, 0.3) is 0 Å². The first-order chi connectivity index (χ1) is 13.9. The zero-order valence-corrected chi connectivity index (χ0v) is 16.2. The lowest BCUT2D eigenvalue weighted by Gasteiger charge is -2.04. The number of amides is 1. The first kappa shape index (κ1) is 18.9. The average molecular weight is 415 g/mol. The van der Waals surface area contributed by atoms with Gasteiger partial charge in [0.2, 0.25) is 12.7 Å². The first-order valence-corrected chi connectivity index (χ1v) is 10.4. The molecule has 0 atom stereocenters. The lowest BCUT2D eigenvalue weighted by Crippen LogP contribution is -2.13. The Labute approximate surface area is 166 Å². The Morgan fingerprint density at radius 3 is 2.76 bits per heavy atom. The maximum Gasteiger partial charge on any atom is 0.322 e. The molecule has 1 aliphatic rings. The van der Waals surface area contributed by atoms with Crippen LogP contribution in [0.3, 0.4) is 0 Å². The Hall–Kier alpha value is -3.40. The maximum atomic E-state index is 12.4. The van der Waals surface area contributed by atoms with Crippen LogP contribution in [0, 0.1) is 0 Å². The molecular weight excluding hydrogens is 398 g/mol. The summed E-state index contributed by atoms with van der Waals surface area (Å²) in [7, 11) is -3.41. The largest absolute Gasteiger partial charge is 0.454 e. The van der Waals surface area contributed by atoms with E-state index in [4.69, 9.17) is 13.9 Å². The molecule has 0 radical (unpaired) electrons. The van der Waals surface area contributed by atoms with Crippen molar-refractivity contribution < 1.29 is 27.1 Å². The summed E-state index contributed by atoms with van der Waals surface area (Å²) >= 11 is 0. The van der Waals surface area contributed by atoms with Crippen molar-refractivity contribution in [2.75, 3.05) is 17.9 Å². The zero-order valence-electron chi connectivity index (χ0n) is 15.4. The number of nitrogens with zero attached hydrogens (tertiary/aromatic N) is 2. The minimum absolute atomic E-state index is 0.0506. The van der Waals surface area contributed by atoms with Crippen molar-refractivity contribution in [3.8, 4) is 11.5 Å². The van der Waals surface area contributed by atoms with Crippen molar-refractivity contribution in [2.24, 2.45) is 0 Å². The molecule has 10 heteroatoms. The maximum absolute atomic E-state index is 12.4. The Bertz CT molecular complexity index is 1170. The summed E-state index contributed by atoms with van der Waals surface area (Å²) in [5, 5.41) is 10.2. The average Bonchev–Trinajstić information content (AvgIpc) is 3.37. The number of rotatable bonds is 6. The fourth-order valence-electron chi connectivity index (χ4n) is 2.77. The number of hydrogen-bond acceptors (Lipinski definition) is 8. The quantitative estimate of drug-likeness (QED) is 0.652. The van der Waals surface area contributed by atoms with Crippen molar-refractivity contribution in [1.29, 1.82) is 0 Å². The highest BCUT2D eigenvalue weighted by atomic mass is 32.2. The highest BCUT2D eigenvalue weighted by molar-refractivity contribution is 7.91. The van der Waals surface area contributed by atoms with Crippen molar-refractivity contribution >= 4 is 21.8 Å². The van der Waals surface area contributed by atoms with Crippen LogP contribution in [0.5, 0.6) is 11.5 Å². The highest BCUT2D eigenvalue weighted by Gasteiger charge is 2.17. The molecule has 3 aromatic rings. The summed E-state index contributed by atoms with van der Waals surface area (Å²) in [5.41, 5.74) is 1.06. The van der Waals surface area contributed by atoms with Crippen molar-refractivity contribution in [3.63, 3.8) is 0 Å². The fourth-order valence-corrected chi connectivity index (χ4v) is 3.69. The van der Waals surface area contributed by atoms with E-state index in [-0.39, 0.29) is 29.0 Å². The molecule has 0 saturated heterocycles. The lowest BCUT2D eigenvalue weighted by atomic mass is 10.1. The summed E-state index contributed by atoms with van der Waals surface area (Å²) in [4.78, 5) is 12.5. The van der Waals surface area contributed by atoms with E-state index in [9.17, 15) is 13.2 Å². The standard InChI is InChI=1S/C19H17N3O6S/c1-2-29(24,25)14-5-3-4-13(10-14)18(23)20-19-22-21-17(28-19)9-12-6-7-15-16(8-12)27-11-26-15/h3-8,10H,2,9,11H2,1H3,(H,20,22,23). The number of aromatic nitrogens is 2. The van der Waals surface area contributed by atoms with Crippen LogP contribution < -0.4 is 14.8 Å². The van der Waals surface area contributed by atoms with Crippen LogP contribution in [-0.2, 0) is 16.3 Å². The third-order valence-electron chi connectivity index (χ3n) is 4.32. The van der Waals surface area contributed by atoms with Gasteiger partial charge in [-0.1, -0.05) is 24.2 Å². The summed E-state index contributed by atoms with van der Waals surface area (Å²) in [6, 6.07) is 11.2. The Morgan fingerprint density at radius 1 is 1.10 bits per heavy atom. The number of fused-ring (bicyclic) bond motifs is 1. The number of sulfone groups is 1. The third-order valence-corrected chi connectivity index (χ3v) is 6.05. The zero-order chi connectivity index (χ0) is 20.4.